The lowest BCUT2D eigenvalue weighted by Gasteiger charge is -2.31. The van der Waals surface area contributed by atoms with Crippen molar-refractivity contribution >= 4 is 36.8 Å². The first-order valence-corrected chi connectivity index (χ1v) is 15.2. The van der Waals surface area contributed by atoms with Crippen LogP contribution in [0, 0.1) is 0 Å². The summed E-state index contributed by atoms with van der Waals surface area (Å²) in [6.45, 7) is 8.66. The van der Waals surface area contributed by atoms with E-state index >= 15 is 0 Å². The van der Waals surface area contributed by atoms with Crippen molar-refractivity contribution in [2.45, 2.75) is 76.6 Å². The van der Waals surface area contributed by atoms with Crippen LogP contribution in [-0.2, 0) is 11.5 Å². The molecule has 31 heavy (non-hydrogen) atoms. The van der Waals surface area contributed by atoms with Crippen LogP contribution in [-0.4, -0.2) is 52.9 Å². The Labute approximate surface area is 189 Å². The molecule has 0 bridgehead atoms. The Balaban J connectivity index is 1.60. The van der Waals surface area contributed by atoms with Crippen molar-refractivity contribution < 1.29 is 14.3 Å². The molecule has 0 spiro atoms. The van der Waals surface area contributed by atoms with Gasteiger partial charge in [0.25, 0.3) is 0 Å². The Kier molecular flexibility index (Phi) is 6.57. The van der Waals surface area contributed by atoms with Gasteiger partial charge >= 0.3 is 6.09 Å². The van der Waals surface area contributed by atoms with Crippen LogP contribution in [0.1, 0.15) is 43.6 Å². The molecule has 1 aliphatic carbocycles. The number of carbonyl (C=O) groups is 1. The van der Waals surface area contributed by atoms with Gasteiger partial charge in [0.2, 0.25) is 11.2 Å². The number of halogens is 1. The summed E-state index contributed by atoms with van der Waals surface area (Å²) in [4.78, 5) is 23.1. The summed E-state index contributed by atoms with van der Waals surface area (Å²) in [6.07, 6.45) is 6.14. The zero-order valence-corrected chi connectivity index (χ0v) is 20.3. The van der Waals surface area contributed by atoms with Crippen LogP contribution in [0.3, 0.4) is 0 Å². The van der Waals surface area contributed by atoms with E-state index in [9.17, 15) is 4.79 Å². The molecule has 1 atom stereocenters. The molecule has 170 valence electrons. The predicted octanol–water partition coefficient (Wildman–Crippen LogP) is 4.54. The van der Waals surface area contributed by atoms with E-state index in [1.54, 1.807) is 4.90 Å². The second kappa shape index (κ2) is 9.05. The molecule has 2 aliphatic rings. The molecule has 8 nitrogen and oxygen atoms in total. The highest BCUT2D eigenvalue weighted by Gasteiger charge is 2.32. The fraction of sp³-hybridized carbons (Fsp3) is 0.667. The zero-order valence-electron chi connectivity index (χ0n) is 18.6. The van der Waals surface area contributed by atoms with Gasteiger partial charge in [-0.2, -0.15) is 9.97 Å². The first-order chi connectivity index (χ1) is 14.7. The Hall–Kier alpha value is -1.68. The number of hydrogen-bond donors (Lipinski definition) is 1. The van der Waals surface area contributed by atoms with Crippen LogP contribution < -0.4 is 10.5 Å². The van der Waals surface area contributed by atoms with Crippen LogP contribution in [0.25, 0.3) is 11.0 Å². The summed E-state index contributed by atoms with van der Waals surface area (Å²) in [5, 5.41) is 0.793. The van der Waals surface area contributed by atoms with Crippen LogP contribution in [0.2, 0.25) is 31.0 Å². The van der Waals surface area contributed by atoms with Gasteiger partial charge in [0.05, 0.1) is 11.6 Å². The lowest BCUT2D eigenvalue weighted by Crippen LogP contribution is -2.49. The van der Waals surface area contributed by atoms with Crippen LogP contribution in [0.5, 0.6) is 5.88 Å². The highest BCUT2D eigenvalue weighted by Crippen LogP contribution is 2.46. The number of fused-ring (bicyclic) bond motifs is 1. The lowest BCUT2D eigenvalue weighted by atomic mass is 10.1. The molecule has 1 saturated heterocycles. The Morgan fingerprint density at radius 1 is 1.26 bits per heavy atom. The average Bonchev–Trinajstić information content (AvgIpc) is 3.47. The Morgan fingerprint density at radius 3 is 2.71 bits per heavy atom. The average molecular weight is 466 g/mol. The second-order valence-electron chi connectivity index (χ2n) is 9.80. The molecular formula is C21H32ClN5O3Si. The van der Waals surface area contributed by atoms with E-state index < -0.39 is 14.2 Å². The summed E-state index contributed by atoms with van der Waals surface area (Å²) in [7, 11) is -1.16. The molecule has 0 radical (unpaired) electrons. The molecule has 4 rings (SSSR count). The molecule has 2 fully saturated rings. The molecule has 2 aromatic rings. The number of hydrogen-bond acceptors (Lipinski definition) is 6. The van der Waals surface area contributed by atoms with E-state index in [2.05, 4.69) is 29.6 Å². The maximum Gasteiger partial charge on any atom is 0.417 e. The number of amides is 1. The topological polar surface area (TPSA) is 95.5 Å². The van der Waals surface area contributed by atoms with Crippen molar-refractivity contribution in [3.63, 3.8) is 0 Å². The van der Waals surface area contributed by atoms with Gasteiger partial charge in [-0.1, -0.05) is 19.6 Å². The second-order valence-corrected chi connectivity index (χ2v) is 15.8. The molecule has 1 saturated carbocycles. The molecule has 2 aromatic heterocycles. The largest absolute Gasteiger partial charge is 0.417 e. The number of likely N-dealkylation sites (tertiary alicyclic amines) is 1. The van der Waals surface area contributed by atoms with E-state index in [0.29, 0.717) is 31.4 Å². The van der Waals surface area contributed by atoms with Gasteiger partial charge in [-0.25, -0.2) is 4.79 Å². The molecule has 3 heterocycles. The van der Waals surface area contributed by atoms with Gasteiger partial charge in [-0.15, -0.1) is 0 Å². The van der Waals surface area contributed by atoms with Crippen molar-refractivity contribution in [1.29, 1.82) is 0 Å². The summed E-state index contributed by atoms with van der Waals surface area (Å²) >= 11 is 6.22. The highest BCUT2D eigenvalue weighted by molar-refractivity contribution is 6.76. The van der Waals surface area contributed by atoms with Crippen LogP contribution >= 0.6 is 11.6 Å². The summed E-state index contributed by atoms with van der Waals surface area (Å²) < 4.78 is 13.6. The zero-order chi connectivity index (χ0) is 22.2. The van der Waals surface area contributed by atoms with E-state index in [0.717, 1.165) is 49.1 Å². The van der Waals surface area contributed by atoms with Crippen molar-refractivity contribution in [3.8, 4) is 5.88 Å². The van der Waals surface area contributed by atoms with E-state index in [-0.39, 0.29) is 17.3 Å². The molecule has 2 N–H and O–H groups in total. The van der Waals surface area contributed by atoms with Crippen molar-refractivity contribution in [2.75, 3.05) is 13.2 Å². The summed E-state index contributed by atoms with van der Waals surface area (Å²) in [6, 6.07) is 1.09. The fourth-order valence-electron chi connectivity index (χ4n) is 3.90. The predicted molar refractivity (Wildman–Crippen MR) is 123 cm³/mol. The van der Waals surface area contributed by atoms with Gasteiger partial charge in [0.15, 0.2) is 5.65 Å². The number of carbonyl (C=O) groups excluding carboxylic acids is 1. The van der Waals surface area contributed by atoms with E-state index in [1.165, 1.54) is 0 Å². The molecule has 1 unspecified atom stereocenters. The van der Waals surface area contributed by atoms with E-state index in [4.69, 9.17) is 26.8 Å². The van der Waals surface area contributed by atoms with Gasteiger partial charge in [0.1, 0.15) is 6.73 Å². The number of nitrogens with two attached hydrogens (primary N) is 1. The first-order valence-electron chi connectivity index (χ1n) is 11.1. The molecule has 10 heteroatoms. The molecule has 1 aliphatic heterocycles. The number of piperidine rings is 1. The lowest BCUT2D eigenvalue weighted by molar-refractivity contribution is 0.0898. The van der Waals surface area contributed by atoms with Crippen molar-refractivity contribution in [2.24, 2.45) is 5.73 Å². The minimum absolute atomic E-state index is 0.0436. The number of ether oxygens (including phenoxy) is 2. The number of rotatable bonds is 7. The molecular weight excluding hydrogens is 434 g/mol. The van der Waals surface area contributed by atoms with Gasteiger partial charge in [0, 0.05) is 27.4 Å². The van der Waals surface area contributed by atoms with Crippen LogP contribution in [0.15, 0.2) is 6.20 Å². The maximum absolute atomic E-state index is 12.8. The fourth-order valence-corrected chi connectivity index (χ4v) is 4.81. The van der Waals surface area contributed by atoms with E-state index in [1.807, 2.05) is 10.8 Å². The summed E-state index contributed by atoms with van der Waals surface area (Å²) in [5.74, 6) is 0.630. The third kappa shape index (κ3) is 5.39. The number of aromatic nitrogens is 3. The van der Waals surface area contributed by atoms with Gasteiger partial charge < -0.3 is 19.8 Å². The van der Waals surface area contributed by atoms with Crippen LogP contribution in [0.4, 0.5) is 4.79 Å². The quantitative estimate of drug-likeness (QED) is 0.366. The molecule has 0 aromatic carbocycles. The minimum Gasteiger partial charge on any atom is -0.390 e. The smallest absolute Gasteiger partial charge is 0.390 e. The third-order valence-electron chi connectivity index (χ3n) is 5.90. The van der Waals surface area contributed by atoms with Crippen molar-refractivity contribution in [1.82, 2.24) is 19.4 Å². The highest BCUT2D eigenvalue weighted by atomic mass is 35.5. The normalized spacial score (nSPS) is 19.8. The summed E-state index contributed by atoms with van der Waals surface area (Å²) in [5.41, 5.74) is 7.84. The first kappa shape index (κ1) is 22.5. The monoisotopic (exact) mass is 465 g/mol. The Morgan fingerprint density at radius 2 is 2.03 bits per heavy atom. The standard InChI is InChI=1S/C21H32ClN5O3Si/c1-31(2,3)11-10-29-13-26-12-15(14-7-8-14)17-18(26)24-20(22)25-19(17)30-21(28)27-9-5-4-6-16(27)23/h12,14,16H,4-11,13,23H2,1-3H3. The number of nitrogens with zero attached hydrogens (tertiary/aromatic N) is 4. The Bertz CT molecular complexity index is 957. The van der Waals surface area contributed by atoms with Gasteiger partial charge in [-0.3, -0.25) is 4.90 Å². The minimum atomic E-state index is -1.16. The SMILES string of the molecule is C[Si](C)(C)CCOCn1cc(C2CC2)c2c(OC(=O)N3CCCCC3N)nc(Cl)nc21. The molecule has 1 amide bonds. The maximum atomic E-state index is 12.8. The van der Waals surface area contributed by atoms with Gasteiger partial charge in [-0.05, 0) is 61.2 Å². The third-order valence-corrected chi connectivity index (χ3v) is 7.77. The van der Waals surface area contributed by atoms with Crippen molar-refractivity contribution in [3.05, 3.63) is 17.0 Å².